The fraction of sp³-hybridized carbons (Fsp3) is 0.0714. The van der Waals surface area contributed by atoms with Crippen LogP contribution in [-0.2, 0) is 4.79 Å². The molecule has 4 heteroatoms. The maximum atomic E-state index is 13.2. The molecule has 18 heavy (non-hydrogen) atoms. The van der Waals surface area contributed by atoms with Gasteiger partial charge in [-0.2, -0.15) is 0 Å². The summed E-state index contributed by atoms with van der Waals surface area (Å²) in [5, 5.41) is 2.73. The number of hydrogen-bond donors (Lipinski definition) is 1. The van der Waals surface area contributed by atoms with Crippen molar-refractivity contribution in [1.29, 1.82) is 0 Å². The van der Waals surface area contributed by atoms with Crippen molar-refractivity contribution < 1.29 is 9.18 Å². The Hall–Kier alpha value is -1.94. The van der Waals surface area contributed by atoms with Gasteiger partial charge < -0.3 is 5.32 Å². The number of hydrogen-bond acceptors (Lipinski definition) is 2. The summed E-state index contributed by atoms with van der Waals surface area (Å²) in [4.78, 5) is 14.0. The van der Waals surface area contributed by atoms with Crippen LogP contribution in [0.1, 0.15) is 15.3 Å². The molecule has 0 bridgehead atoms. The maximum Gasteiger partial charge on any atom is 0.256 e. The highest BCUT2D eigenvalue weighted by Crippen LogP contribution is 2.34. The second kappa shape index (κ2) is 4.07. The number of nitrogens with one attached hydrogen (secondary N) is 1. The third kappa shape index (κ3) is 1.84. The Balaban J connectivity index is 2.11. The number of thiophene rings is 1. The first kappa shape index (κ1) is 11.2. The second-order valence-electron chi connectivity index (χ2n) is 4.15. The molecule has 1 amide bonds. The van der Waals surface area contributed by atoms with E-state index in [4.69, 9.17) is 0 Å². The molecule has 0 saturated heterocycles. The molecule has 2 aromatic rings. The fourth-order valence-corrected chi connectivity index (χ4v) is 2.80. The van der Waals surface area contributed by atoms with Gasteiger partial charge in [-0.3, -0.25) is 4.79 Å². The molecule has 0 unspecified atom stereocenters. The van der Waals surface area contributed by atoms with Crippen molar-refractivity contribution in [3.8, 4) is 0 Å². The lowest BCUT2D eigenvalue weighted by molar-refractivity contribution is -0.110. The first-order valence-electron chi connectivity index (χ1n) is 5.53. The molecule has 1 aromatic heterocycles. The molecule has 0 aliphatic carbocycles. The number of carbonyl (C=O) groups is 1. The van der Waals surface area contributed by atoms with E-state index in [1.54, 1.807) is 23.5 Å². The molecule has 2 heterocycles. The largest absolute Gasteiger partial charge is 0.321 e. The minimum absolute atomic E-state index is 0.179. The van der Waals surface area contributed by atoms with Crippen molar-refractivity contribution in [1.82, 2.24) is 0 Å². The Morgan fingerprint density at radius 2 is 2.11 bits per heavy atom. The highest BCUT2D eigenvalue weighted by molar-refractivity contribution is 7.12. The van der Waals surface area contributed by atoms with Crippen molar-refractivity contribution in [2.75, 3.05) is 5.32 Å². The lowest BCUT2D eigenvalue weighted by Crippen LogP contribution is -2.03. The van der Waals surface area contributed by atoms with E-state index in [-0.39, 0.29) is 11.7 Å². The maximum absolute atomic E-state index is 13.2. The Bertz CT molecular complexity index is 672. The summed E-state index contributed by atoms with van der Waals surface area (Å²) in [6.07, 6.45) is 1.80. The van der Waals surface area contributed by atoms with E-state index < -0.39 is 0 Å². The van der Waals surface area contributed by atoms with Gasteiger partial charge in [0.1, 0.15) is 5.82 Å². The molecule has 3 rings (SSSR count). The van der Waals surface area contributed by atoms with Crippen LogP contribution in [0.25, 0.3) is 11.6 Å². The minimum atomic E-state index is -0.335. The molecule has 0 fully saturated rings. The highest BCUT2D eigenvalue weighted by Gasteiger charge is 2.24. The van der Waals surface area contributed by atoms with Crippen LogP contribution >= 0.6 is 11.3 Å². The van der Waals surface area contributed by atoms with Gasteiger partial charge in [0, 0.05) is 21.0 Å². The van der Waals surface area contributed by atoms with Crippen LogP contribution in [-0.4, -0.2) is 5.91 Å². The van der Waals surface area contributed by atoms with E-state index in [1.165, 1.54) is 17.0 Å². The highest BCUT2D eigenvalue weighted by atomic mass is 32.1. The van der Waals surface area contributed by atoms with Crippen molar-refractivity contribution in [2.24, 2.45) is 0 Å². The number of halogens is 1. The average Bonchev–Trinajstić information content (AvgIpc) is 2.86. The van der Waals surface area contributed by atoms with Crippen molar-refractivity contribution in [2.45, 2.75) is 6.92 Å². The third-order valence-corrected chi connectivity index (χ3v) is 3.76. The van der Waals surface area contributed by atoms with Gasteiger partial charge in [0.05, 0.1) is 5.57 Å². The number of rotatable bonds is 1. The predicted molar refractivity (Wildman–Crippen MR) is 72.0 cm³/mol. The lowest BCUT2D eigenvalue weighted by Gasteiger charge is -1.97. The zero-order valence-corrected chi connectivity index (χ0v) is 10.5. The number of aryl methyl sites for hydroxylation is 1. The molecule has 1 aliphatic rings. The summed E-state index contributed by atoms with van der Waals surface area (Å²) < 4.78 is 13.2. The summed E-state index contributed by atoms with van der Waals surface area (Å²) in [5.74, 6) is -0.514. The van der Waals surface area contributed by atoms with E-state index >= 15 is 0 Å². The van der Waals surface area contributed by atoms with E-state index in [0.29, 0.717) is 16.8 Å². The first-order chi connectivity index (χ1) is 8.63. The van der Waals surface area contributed by atoms with E-state index in [0.717, 1.165) is 4.88 Å². The molecule has 0 saturated carbocycles. The van der Waals surface area contributed by atoms with Crippen LogP contribution in [0, 0.1) is 12.7 Å². The van der Waals surface area contributed by atoms with E-state index in [1.807, 2.05) is 19.1 Å². The van der Waals surface area contributed by atoms with E-state index in [2.05, 4.69) is 5.32 Å². The van der Waals surface area contributed by atoms with Gasteiger partial charge in [0.15, 0.2) is 0 Å². The van der Waals surface area contributed by atoms with Crippen LogP contribution in [0.4, 0.5) is 10.1 Å². The average molecular weight is 259 g/mol. The normalized spacial score (nSPS) is 15.9. The first-order valence-corrected chi connectivity index (χ1v) is 6.34. The summed E-state index contributed by atoms with van der Waals surface area (Å²) in [7, 11) is 0. The zero-order valence-electron chi connectivity index (χ0n) is 9.66. The van der Waals surface area contributed by atoms with Gasteiger partial charge in [-0.25, -0.2) is 4.39 Å². The molecule has 90 valence electrons. The number of anilines is 1. The van der Waals surface area contributed by atoms with Crippen LogP contribution in [0.2, 0.25) is 0 Å². The van der Waals surface area contributed by atoms with Gasteiger partial charge in [-0.05, 0) is 43.3 Å². The quantitative estimate of drug-likeness (QED) is 0.777. The molecule has 2 nitrogen and oxygen atoms in total. The number of amides is 1. The molecule has 0 atom stereocenters. The molecule has 0 radical (unpaired) electrons. The van der Waals surface area contributed by atoms with Crippen molar-refractivity contribution in [3.63, 3.8) is 0 Å². The Morgan fingerprint density at radius 1 is 1.28 bits per heavy atom. The van der Waals surface area contributed by atoms with E-state index in [9.17, 15) is 9.18 Å². The van der Waals surface area contributed by atoms with Gasteiger partial charge >= 0.3 is 0 Å². The topological polar surface area (TPSA) is 29.1 Å². The van der Waals surface area contributed by atoms with Crippen LogP contribution in [0.15, 0.2) is 30.3 Å². The monoisotopic (exact) mass is 259 g/mol. The minimum Gasteiger partial charge on any atom is -0.321 e. The van der Waals surface area contributed by atoms with Gasteiger partial charge in [-0.1, -0.05) is 0 Å². The van der Waals surface area contributed by atoms with Crippen LogP contribution in [0.3, 0.4) is 0 Å². The molecule has 1 N–H and O–H groups in total. The lowest BCUT2D eigenvalue weighted by atomic mass is 10.1. The SMILES string of the molecule is Cc1ccc(/C=C2\C(=O)Nc3ccc(F)cc32)s1. The third-order valence-electron chi connectivity index (χ3n) is 2.81. The Labute approximate surface area is 108 Å². The molecular weight excluding hydrogens is 249 g/mol. The van der Waals surface area contributed by atoms with Crippen molar-refractivity contribution in [3.05, 3.63) is 51.5 Å². The Morgan fingerprint density at radius 3 is 2.83 bits per heavy atom. The second-order valence-corrected chi connectivity index (χ2v) is 5.47. The number of fused-ring (bicyclic) bond motifs is 1. The number of benzene rings is 1. The molecule has 1 aliphatic heterocycles. The van der Waals surface area contributed by atoms with Crippen LogP contribution in [0.5, 0.6) is 0 Å². The molecule has 1 aromatic carbocycles. The Kier molecular flexibility index (Phi) is 2.52. The molecular formula is C14H10FNOS. The zero-order chi connectivity index (χ0) is 12.7. The van der Waals surface area contributed by atoms with Crippen LogP contribution < -0.4 is 5.32 Å². The van der Waals surface area contributed by atoms with Gasteiger partial charge in [-0.15, -0.1) is 11.3 Å². The summed E-state index contributed by atoms with van der Waals surface area (Å²) in [6.45, 7) is 2.01. The van der Waals surface area contributed by atoms with Crippen molar-refractivity contribution >= 4 is 34.6 Å². The van der Waals surface area contributed by atoms with Gasteiger partial charge in [0.2, 0.25) is 0 Å². The smallest absolute Gasteiger partial charge is 0.256 e. The fourth-order valence-electron chi connectivity index (χ4n) is 1.98. The predicted octanol–water partition coefficient (Wildman–Crippen LogP) is 3.69. The summed E-state index contributed by atoms with van der Waals surface area (Å²) in [5.41, 5.74) is 1.82. The standard InChI is InChI=1S/C14H10FNOS/c1-8-2-4-10(18-8)7-12-11-6-9(15)3-5-13(11)16-14(12)17/h2-7H,1H3,(H,16,17)/b12-7-. The summed E-state index contributed by atoms with van der Waals surface area (Å²) in [6, 6.07) is 8.27. The molecule has 0 spiro atoms. The van der Waals surface area contributed by atoms with Gasteiger partial charge in [0.25, 0.3) is 5.91 Å². The summed E-state index contributed by atoms with van der Waals surface area (Å²) >= 11 is 1.61. The number of carbonyl (C=O) groups excluding carboxylic acids is 1.